The molecule has 1 fully saturated rings. The first kappa shape index (κ1) is 25.0. The molecule has 0 aliphatic carbocycles. The van der Waals surface area contributed by atoms with Crippen LogP contribution in [-0.4, -0.2) is 76.7 Å². The zero-order chi connectivity index (χ0) is 19.9. The molecule has 1 aliphatic rings. The maximum absolute atomic E-state index is 11.8. The van der Waals surface area contributed by atoms with Crippen molar-refractivity contribution in [2.75, 3.05) is 53.1 Å². The van der Waals surface area contributed by atoms with Crippen molar-refractivity contribution in [1.29, 1.82) is 0 Å². The van der Waals surface area contributed by atoms with E-state index >= 15 is 0 Å². The molecule has 0 aromatic heterocycles. The van der Waals surface area contributed by atoms with Gasteiger partial charge in [-0.25, -0.2) is 12.7 Å². The van der Waals surface area contributed by atoms with Crippen LogP contribution in [0.1, 0.15) is 31.2 Å². The van der Waals surface area contributed by atoms with Crippen molar-refractivity contribution in [3.05, 3.63) is 29.8 Å². The SMILES string of the molecule is CCS(=O)(=O)N(C)CCCNC(=NC)N1CCC(c2ccc(OC)cc2)C1.I. The molecule has 0 amide bonds. The average molecular weight is 524 g/mol. The highest BCUT2D eigenvalue weighted by Gasteiger charge is 2.26. The molecular weight excluding hydrogens is 491 g/mol. The molecule has 28 heavy (non-hydrogen) atoms. The predicted molar refractivity (Wildman–Crippen MR) is 125 cm³/mol. The third-order valence-corrected chi connectivity index (χ3v) is 6.92. The lowest BCUT2D eigenvalue weighted by Crippen LogP contribution is -2.41. The van der Waals surface area contributed by atoms with E-state index < -0.39 is 10.0 Å². The summed E-state index contributed by atoms with van der Waals surface area (Å²) in [6.45, 7) is 4.75. The van der Waals surface area contributed by atoms with Crippen molar-refractivity contribution in [3.63, 3.8) is 0 Å². The predicted octanol–water partition coefficient (Wildman–Crippen LogP) is 2.35. The summed E-state index contributed by atoms with van der Waals surface area (Å²) in [5, 5.41) is 3.36. The molecule has 160 valence electrons. The Bertz CT molecular complexity index is 725. The maximum Gasteiger partial charge on any atom is 0.213 e. The van der Waals surface area contributed by atoms with Gasteiger partial charge in [-0.2, -0.15) is 0 Å². The van der Waals surface area contributed by atoms with Crippen molar-refractivity contribution in [2.24, 2.45) is 4.99 Å². The lowest BCUT2D eigenvalue weighted by Gasteiger charge is -2.22. The minimum atomic E-state index is -3.11. The molecule has 1 aromatic rings. The molecule has 0 radical (unpaired) electrons. The Balaban J connectivity index is 0.00000392. The van der Waals surface area contributed by atoms with Gasteiger partial charge in [-0.3, -0.25) is 4.99 Å². The number of rotatable bonds is 8. The van der Waals surface area contributed by atoms with Gasteiger partial charge in [-0.05, 0) is 37.5 Å². The van der Waals surface area contributed by atoms with Crippen LogP contribution in [0.15, 0.2) is 29.3 Å². The van der Waals surface area contributed by atoms with Gasteiger partial charge in [0.15, 0.2) is 5.96 Å². The van der Waals surface area contributed by atoms with Crippen LogP contribution in [0.3, 0.4) is 0 Å². The smallest absolute Gasteiger partial charge is 0.213 e. The number of aliphatic imine (C=N–C) groups is 1. The second-order valence-electron chi connectivity index (χ2n) is 6.75. The first-order valence-electron chi connectivity index (χ1n) is 9.44. The van der Waals surface area contributed by atoms with Crippen molar-refractivity contribution in [2.45, 2.75) is 25.7 Å². The molecule has 0 bridgehead atoms. The molecule has 1 atom stereocenters. The second kappa shape index (κ2) is 11.8. The van der Waals surface area contributed by atoms with Crippen LogP contribution in [0.5, 0.6) is 5.75 Å². The Morgan fingerprint density at radius 1 is 1.36 bits per heavy atom. The fourth-order valence-electron chi connectivity index (χ4n) is 3.29. The summed E-state index contributed by atoms with van der Waals surface area (Å²) in [4.78, 5) is 6.65. The van der Waals surface area contributed by atoms with Gasteiger partial charge in [0.1, 0.15) is 5.75 Å². The van der Waals surface area contributed by atoms with Crippen LogP contribution in [0, 0.1) is 0 Å². The van der Waals surface area contributed by atoms with E-state index in [0.717, 1.165) is 37.6 Å². The highest BCUT2D eigenvalue weighted by atomic mass is 127. The van der Waals surface area contributed by atoms with Crippen molar-refractivity contribution < 1.29 is 13.2 Å². The van der Waals surface area contributed by atoms with E-state index in [2.05, 4.69) is 27.3 Å². The van der Waals surface area contributed by atoms with E-state index in [4.69, 9.17) is 4.74 Å². The van der Waals surface area contributed by atoms with E-state index in [0.29, 0.717) is 19.0 Å². The molecule has 1 N–H and O–H groups in total. The summed E-state index contributed by atoms with van der Waals surface area (Å²) >= 11 is 0. The van der Waals surface area contributed by atoms with E-state index in [1.807, 2.05) is 12.1 Å². The second-order valence-corrected chi connectivity index (χ2v) is 9.12. The van der Waals surface area contributed by atoms with Gasteiger partial charge in [0.2, 0.25) is 10.0 Å². The number of hydrogen-bond donors (Lipinski definition) is 1. The number of likely N-dealkylation sites (tertiary alicyclic amines) is 1. The summed E-state index contributed by atoms with van der Waals surface area (Å²) < 4.78 is 30.2. The van der Waals surface area contributed by atoms with Crippen molar-refractivity contribution >= 4 is 40.0 Å². The zero-order valence-corrected chi connectivity index (χ0v) is 20.4. The minimum Gasteiger partial charge on any atom is -0.497 e. The summed E-state index contributed by atoms with van der Waals surface area (Å²) in [6, 6.07) is 8.28. The van der Waals surface area contributed by atoms with Crippen molar-refractivity contribution in [1.82, 2.24) is 14.5 Å². The highest BCUT2D eigenvalue weighted by Crippen LogP contribution is 2.28. The largest absolute Gasteiger partial charge is 0.497 e. The van der Waals surface area contributed by atoms with Gasteiger partial charge in [0.25, 0.3) is 0 Å². The number of halogens is 1. The van der Waals surface area contributed by atoms with Crippen LogP contribution in [0.2, 0.25) is 0 Å². The number of guanidine groups is 1. The standard InChI is InChI=1S/C19H32N4O3S.HI/c1-5-27(24,25)22(3)13-6-12-21-19(20-2)23-14-11-17(15-23)16-7-9-18(26-4)10-8-16;/h7-10,17H,5-6,11-15H2,1-4H3,(H,20,21);1H. The number of hydrogen-bond acceptors (Lipinski definition) is 4. The van der Waals surface area contributed by atoms with Gasteiger partial charge in [-0.15, -0.1) is 24.0 Å². The first-order chi connectivity index (χ1) is 12.9. The summed E-state index contributed by atoms with van der Waals surface area (Å²) in [6.07, 6.45) is 1.83. The maximum atomic E-state index is 11.8. The third kappa shape index (κ3) is 6.77. The molecule has 1 aliphatic heterocycles. The molecular formula is C19H33IN4O3S. The molecule has 1 aromatic carbocycles. The molecule has 1 heterocycles. The fraction of sp³-hybridized carbons (Fsp3) is 0.632. The fourth-order valence-corrected chi connectivity index (χ4v) is 4.14. The average Bonchev–Trinajstić information content (AvgIpc) is 3.17. The Labute approximate surface area is 186 Å². The normalized spacial score (nSPS) is 17.5. The van der Waals surface area contributed by atoms with E-state index in [9.17, 15) is 8.42 Å². The van der Waals surface area contributed by atoms with Crippen molar-refractivity contribution in [3.8, 4) is 5.75 Å². The van der Waals surface area contributed by atoms with E-state index in [1.165, 1.54) is 9.87 Å². The van der Waals surface area contributed by atoms with Crippen LogP contribution in [0.25, 0.3) is 0 Å². The van der Waals surface area contributed by atoms with E-state index in [1.54, 1.807) is 28.1 Å². The van der Waals surface area contributed by atoms with Gasteiger partial charge < -0.3 is 15.0 Å². The third-order valence-electron chi connectivity index (χ3n) is 5.06. The molecule has 0 saturated carbocycles. The molecule has 7 nitrogen and oxygen atoms in total. The summed E-state index contributed by atoms with van der Waals surface area (Å²) in [5.41, 5.74) is 1.32. The first-order valence-corrected chi connectivity index (χ1v) is 11.1. The van der Waals surface area contributed by atoms with Gasteiger partial charge in [0.05, 0.1) is 12.9 Å². The van der Waals surface area contributed by atoms with E-state index in [-0.39, 0.29) is 29.7 Å². The summed E-state index contributed by atoms with van der Waals surface area (Å²) in [7, 11) is 1.99. The Hall–Kier alpha value is -1.07. The Kier molecular flexibility index (Phi) is 10.5. The van der Waals surface area contributed by atoms with Crippen LogP contribution in [0.4, 0.5) is 0 Å². The molecule has 2 rings (SSSR count). The molecule has 1 unspecified atom stereocenters. The number of ether oxygens (including phenoxy) is 1. The Morgan fingerprint density at radius 3 is 2.61 bits per heavy atom. The lowest BCUT2D eigenvalue weighted by atomic mass is 9.98. The molecule has 0 spiro atoms. The van der Waals surface area contributed by atoms with Crippen LogP contribution in [-0.2, 0) is 10.0 Å². The highest BCUT2D eigenvalue weighted by molar-refractivity contribution is 14.0. The van der Waals surface area contributed by atoms with Crippen LogP contribution >= 0.6 is 24.0 Å². The quantitative estimate of drug-likeness (QED) is 0.245. The number of benzene rings is 1. The summed E-state index contributed by atoms with van der Waals surface area (Å²) in [5.74, 6) is 2.38. The van der Waals surface area contributed by atoms with Gasteiger partial charge in [-0.1, -0.05) is 12.1 Å². The topological polar surface area (TPSA) is 74.2 Å². The zero-order valence-electron chi connectivity index (χ0n) is 17.2. The number of nitrogens with zero attached hydrogens (tertiary/aromatic N) is 3. The van der Waals surface area contributed by atoms with Gasteiger partial charge >= 0.3 is 0 Å². The number of sulfonamides is 1. The lowest BCUT2D eigenvalue weighted by molar-refractivity contribution is 0.414. The van der Waals surface area contributed by atoms with Gasteiger partial charge in [0, 0.05) is 46.2 Å². The number of methoxy groups -OCH3 is 1. The molecule has 9 heteroatoms. The minimum absolute atomic E-state index is 0. The Morgan fingerprint density at radius 2 is 2.04 bits per heavy atom. The van der Waals surface area contributed by atoms with Crippen LogP contribution < -0.4 is 10.1 Å². The molecule has 1 saturated heterocycles. The number of nitrogens with one attached hydrogen (secondary N) is 1. The monoisotopic (exact) mass is 524 g/mol.